The molecule has 2 fully saturated rings. The van der Waals surface area contributed by atoms with Crippen molar-refractivity contribution in [3.05, 3.63) is 70.5 Å². The Hall–Kier alpha value is -3.21. The number of halogens is 7. The Balaban J connectivity index is 0.00000126. The number of aliphatic carboxylic acids is 1. The lowest BCUT2D eigenvalue weighted by Gasteiger charge is -2.47. The number of carboxylic acid groups (broad SMARTS) is 1. The second-order valence-electron chi connectivity index (χ2n) is 10.8. The lowest BCUT2D eigenvalue weighted by molar-refractivity contribution is -0.143. The molecule has 0 aliphatic carbocycles. The molecule has 0 bridgehead atoms. The highest BCUT2D eigenvalue weighted by atomic mass is 32.2. The standard InChI is InChI=1S/C27H30F7N3OS.C2H4O2.C2H4O.H2O/c1-35(25(38)20-12-21(26(29,30)31)14-22(13-20)27(32,33)34)15-19(18-2-4-23(28)5-3-18)6-7-36-16-24(17-36)37-8-10-39-11-9-37;1-2(3)4;1-2-3;/h2-5,12-14,19,24H,6-11,15-17H2,1H3;1H3,(H,3,4);2H,1H3;1H2. The number of likely N-dealkylation sites (N-methyl/N-ethyl adjacent to an activating group) is 1. The number of hydrogen-bond donors (Lipinski definition) is 1. The summed E-state index contributed by atoms with van der Waals surface area (Å²) in [5, 5.41) is 7.42. The summed E-state index contributed by atoms with van der Waals surface area (Å²) in [5.74, 6) is -0.265. The molecule has 0 aromatic heterocycles. The van der Waals surface area contributed by atoms with Gasteiger partial charge in [0.1, 0.15) is 12.1 Å². The quantitative estimate of drug-likeness (QED) is 0.294. The van der Waals surface area contributed by atoms with Gasteiger partial charge in [0.15, 0.2) is 0 Å². The van der Waals surface area contributed by atoms with Crippen LogP contribution in [0.1, 0.15) is 53.2 Å². The Morgan fingerprint density at radius 3 is 1.91 bits per heavy atom. The predicted molar refractivity (Wildman–Crippen MR) is 165 cm³/mol. The first kappa shape index (κ1) is 41.8. The van der Waals surface area contributed by atoms with Crippen molar-refractivity contribution in [3.8, 4) is 0 Å². The van der Waals surface area contributed by atoms with Crippen LogP contribution in [0.3, 0.4) is 0 Å². The van der Waals surface area contributed by atoms with Crippen LogP contribution in [-0.2, 0) is 21.9 Å². The van der Waals surface area contributed by atoms with Crippen LogP contribution in [0.5, 0.6) is 0 Å². The van der Waals surface area contributed by atoms with Crippen molar-refractivity contribution in [2.24, 2.45) is 0 Å². The zero-order valence-electron chi connectivity index (χ0n) is 26.2. The van der Waals surface area contributed by atoms with Crippen LogP contribution in [-0.4, -0.2) is 107 Å². The number of hydrogen-bond acceptors (Lipinski definition) is 6. The van der Waals surface area contributed by atoms with Crippen LogP contribution < -0.4 is 0 Å². The second-order valence-corrected chi connectivity index (χ2v) is 12.1. The number of likely N-dealkylation sites (tertiary alicyclic amines) is 1. The van der Waals surface area contributed by atoms with Crippen LogP contribution in [0.25, 0.3) is 0 Å². The molecule has 1 atom stereocenters. The molecule has 2 aliphatic heterocycles. The summed E-state index contributed by atoms with van der Waals surface area (Å²) in [6.07, 6.45) is -8.76. The number of amides is 1. The average Bonchev–Trinajstić information content (AvgIpc) is 2.95. The molecule has 264 valence electrons. The fourth-order valence-electron chi connectivity index (χ4n) is 5.05. The number of benzene rings is 2. The van der Waals surface area contributed by atoms with Gasteiger partial charge in [-0.25, -0.2) is 4.39 Å². The molecule has 0 saturated carbocycles. The Labute approximate surface area is 273 Å². The zero-order chi connectivity index (χ0) is 34.7. The van der Waals surface area contributed by atoms with E-state index in [1.54, 1.807) is 12.1 Å². The Morgan fingerprint density at radius 2 is 1.47 bits per heavy atom. The molecule has 2 heterocycles. The van der Waals surface area contributed by atoms with Crippen LogP contribution in [0.2, 0.25) is 0 Å². The average molecular weight is 700 g/mol. The summed E-state index contributed by atoms with van der Waals surface area (Å²) in [5.41, 5.74) is -3.03. The van der Waals surface area contributed by atoms with Gasteiger partial charge in [0.05, 0.1) is 11.1 Å². The van der Waals surface area contributed by atoms with E-state index in [0.29, 0.717) is 31.1 Å². The third-order valence-electron chi connectivity index (χ3n) is 7.31. The summed E-state index contributed by atoms with van der Waals surface area (Å²) in [4.78, 5) is 36.8. The van der Waals surface area contributed by atoms with Gasteiger partial charge in [-0.05, 0) is 55.8 Å². The SMILES string of the molecule is CC(=O)O.CC=O.CN(CC(CCN1CC(N2CCSCC2)C1)c1ccc(F)cc1)C(=O)c1cc(C(F)(F)F)cc(C(F)(F)F)c1.O. The summed E-state index contributed by atoms with van der Waals surface area (Å²) in [6, 6.07) is 7.16. The van der Waals surface area contributed by atoms with Crippen LogP contribution in [0, 0.1) is 5.82 Å². The minimum atomic E-state index is -5.05. The molecule has 1 unspecified atom stereocenters. The molecule has 8 nitrogen and oxygen atoms in total. The normalized spacial score (nSPS) is 16.2. The number of rotatable bonds is 8. The molecule has 2 aromatic rings. The van der Waals surface area contributed by atoms with Crippen LogP contribution in [0.15, 0.2) is 42.5 Å². The summed E-state index contributed by atoms with van der Waals surface area (Å²) in [7, 11) is 1.35. The first-order valence-electron chi connectivity index (χ1n) is 14.4. The highest BCUT2D eigenvalue weighted by molar-refractivity contribution is 7.99. The van der Waals surface area contributed by atoms with Gasteiger partial charge in [0.25, 0.3) is 11.9 Å². The van der Waals surface area contributed by atoms with Crippen LogP contribution in [0.4, 0.5) is 30.7 Å². The van der Waals surface area contributed by atoms with Crippen molar-refractivity contribution in [2.75, 3.05) is 57.8 Å². The maximum atomic E-state index is 13.6. The number of carboxylic acids is 1. The number of nitrogens with zero attached hydrogens (tertiary/aromatic N) is 3. The van der Waals surface area contributed by atoms with E-state index in [4.69, 9.17) is 14.7 Å². The molecule has 0 radical (unpaired) electrons. The van der Waals surface area contributed by atoms with Crippen molar-refractivity contribution in [3.63, 3.8) is 0 Å². The van der Waals surface area contributed by atoms with Gasteiger partial charge in [-0.3, -0.25) is 14.5 Å². The molecule has 2 aromatic carbocycles. The number of thioether (sulfide) groups is 1. The van der Waals surface area contributed by atoms with E-state index in [2.05, 4.69) is 9.80 Å². The highest BCUT2D eigenvalue weighted by Gasteiger charge is 2.38. The van der Waals surface area contributed by atoms with Gasteiger partial charge in [-0.2, -0.15) is 38.1 Å². The van der Waals surface area contributed by atoms with Crippen molar-refractivity contribution in [1.29, 1.82) is 0 Å². The maximum absolute atomic E-state index is 13.6. The van der Waals surface area contributed by atoms with E-state index in [1.165, 1.54) is 26.1 Å². The van der Waals surface area contributed by atoms with Crippen molar-refractivity contribution >= 4 is 29.9 Å². The molecule has 3 N–H and O–H groups in total. The Morgan fingerprint density at radius 1 is 1.00 bits per heavy atom. The topological polar surface area (TPSA) is 113 Å². The van der Waals surface area contributed by atoms with E-state index >= 15 is 0 Å². The Kier molecular flexibility index (Phi) is 16.9. The summed E-state index contributed by atoms with van der Waals surface area (Å²) < 4.78 is 93.3. The van der Waals surface area contributed by atoms with E-state index in [9.17, 15) is 35.5 Å². The van der Waals surface area contributed by atoms with Crippen LogP contribution >= 0.6 is 11.8 Å². The minimum Gasteiger partial charge on any atom is -0.481 e. The van der Waals surface area contributed by atoms with Crippen molar-refractivity contribution < 1.29 is 55.7 Å². The minimum absolute atomic E-state index is 0. The molecule has 0 spiro atoms. The van der Waals surface area contributed by atoms with E-state index in [-0.39, 0.29) is 24.0 Å². The second kappa shape index (κ2) is 19.0. The first-order chi connectivity index (χ1) is 21.5. The number of alkyl halides is 6. The van der Waals surface area contributed by atoms with Gasteiger partial charge >= 0.3 is 12.4 Å². The third-order valence-corrected chi connectivity index (χ3v) is 8.25. The fourth-order valence-corrected chi connectivity index (χ4v) is 5.98. The fraction of sp³-hybridized carbons (Fsp3) is 0.516. The third kappa shape index (κ3) is 13.8. The first-order valence-corrected chi connectivity index (χ1v) is 15.6. The molecular weight excluding hydrogens is 659 g/mol. The number of carbonyl (C=O) groups excluding carboxylic acids is 2. The highest BCUT2D eigenvalue weighted by Crippen LogP contribution is 2.37. The molecule has 4 rings (SSSR count). The molecule has 47 heavy (non-hydrogen) atoms. The monoisotopic (exact) mass is 699 g/mol. The molecule has 1 amide bonds. The van der Waals surface area contributed by atoms with E-state index < -0.39 is 46.7 Å². The summed E-state index contributed by atoms with van der Waals surface area (Å²) >= 11 is 1.95. The lowest BCUT2D eigenvalue weighted by Crippen LogP contribution is -2.61. The number of aldehydes is 1. The van der Waals surface area contributed by atoms with Crippen molar-refractivity contribution in [1.82, 2.24) is 14.7 Å². The van der Waals surface area contributed by atoms with E-state index in [0.717, 1.165) is 61.4 Å². The van der Waals surface area contributed by atoms with Gasteiger partial charge in [-0.15, -0.1) is 0 Å². The predicted octanol–water partition coefficient (Wildman–Crippen LogP) is 5.31. The van der Waals surface area contributed by atoms with Gasteiger partial charge < -0.3 is 25.2 Å². The van der Waals surface area contributed by atoms with Gasteiger partial charge in [0.2, 0.25) is 0 Å². The molecule has 2 saturated heterocycles. The van der Waals surface area contributed by atoms with Crippen molar-refractivity contribution in [2.45, 2.75) is 44.6 Å². The Bertz CT molecular complexity index is 1250. The van der Waals surface area contributed by atoms with E-state index in [1.807, 2.05) is 11.8 Å². The van der Waals surface area contributed by atoms with Gasteiger partial charge in [-0.1, -0.05) is 12.1 Å². The molecule has 16 heteroatoms. The zero-order valence-corrected chi connectivity index (χ0v) is 27.0. The smallest absolute Gasteiger partial charge is 0.416 e. The van der Waals surface area contributed by atoms with Gasteiger partial charge in [0, 0.05) is 75.7 Å². The molecule has 2 aliphatic rings. The number of carbonyl (C=O) groups is 3. The largest absolute Gasteiger partial charge is 0.481 e. The summed E-state index contributed by atoms with van der Waals surface area (Å²) in [6.45, 7) is 7.24. The lowest BCUT2D eigenvalue weighted by atomic mass is 9.93. The molecular formula is C31H40F7N3O5S. The maximum Gasteiger partial charge on any atom is 0.416 e.